The van der Waals surface area contributed by atoms with E-state index in [-0.39, 0.29) is 12.2 Å². The summed E-state index contributed by atoms with van der Waals surface area (Å²) in [5.74, 6) is 0.123. The molecule has 0 spiro atoms. The Morgan fingerprint density at radius 3 is 2.76 bits per heavy atom. The van der Waals surface area contributed by atoms with E-state index in [0.717, 1.165) is 21.3 Å². The third-order valence-electron chi connectivity index (χ3n) is 3.70. The van der Waals surface area contributed by atoms with E-state index in [2.05, 4.69) is 25.6 Å². The number of nitrogens with one attached hydrogen (secondary N) is 1. The number of hydrogen-bond donors (Lipinski definition) is 1. The van der Waals surface area contributed by atoms with Crippen LogP contribution in [0, 0.1) is 0 Å². The Kier molecular flexibility index (Phi) is 6.56. The molecule has 0 unspecified atom stereocenters. The maximum atomic E-state index is 12.3. The number of methoxy groups -OCH3 is 1. The molecule has 1 aromatic heterocycles. The first-order valence-electron chi connectivity index (χ1n) is 8.28. The topological polar surface area (TPSA) is 94.6 Å². The van der Waals surface area contributed by atoms with Crippen LogP contribution in [0.25, 0.3) is 10.6 Å². The first kappa shape index (κ1) is 21.3. The molecule has 3 aromatic rings. The number of halogens is 1. The molecule has 1 heterocycles. The van der Waals surface area contributed by atoms with Crippen molar-refractivity contribution in [2.75, 3.05) is 18.1 Å². The number of nitrogens with zero attached hydrogens (tertiary/aromatic N) is 1. The van der Waals surface area contributed by atoms with Crippen LogP contribution in [-0.2, 0) is 21.4 Å². The van der Waals surface area contributed by atoms with Gasteiger partial charge in [-0.1, -0.05) is 22.0 Å². The molecule has 0 saturated carbocycles. The van der Waals surface area contributed by atoms with Crippen molar-refractivity contribution < 1.29 is 22.7 Å². The third-order valence-corrected chi connectivity index (χ3v) is 5.72. The standard InChI is InChI=1S/C19H17BrN2O5S2/c1-26-17-7-6-13(20)9-16(17)18-21-15(11-28-18)10-27-19(23)12-4-3-5-14(8-12)22-29(2,24)25/h3-9,11,22H,10H2,1-2H3. The van der Waals surface area contributed by atoms with Gasteiger partial charge < -0.3 is 9.47 Å². The second-order valence-corrected chi connectivity index (χ2v) is 9.54. The Hall–Kier alpha value is -2.43. The van der Waals surface area contributed by atoms with Crippen molar-refractivity contribution >= 4 is 48.9 Å². The summed E-state index contributed by atoms with van der Waals surface area (Å²) in [5, 5.41) is 2.55. The monoisotopic (exact) mass is 496 g/mol. The van der Waals surface area contributed by atoms with Gasteiger partial charge in [0.1, 0.15) is 17.4 Å². The van der Waals surface area contributed by atoms with E-state index in [1.807, 2.05) is 23.6 Å². The van der Waals surface area contributed by atoms with Crippen LogP contribution in [0.4, 0.5) is 5.69 Å². The number of anilines is 1. The van der Waals surface area contributed by atoms with E-state index >= 15 is 0 Å². The van der Waals surface area contributed by atoms with Crippen molar-refractivity contribution in [1.82, 2.24) is 4.98 Å². The average molecular weight is 497 g/mol. The van der Waals surface area contributed by atoms with E-state index in [9.17, 15) is 13.2 Å². The number of thiazole rings is 1. The lowest BCUT2D eigenvalue weighted by atomic mass is 10.2. The van der Waals surface area contributed by atoms with Gasteiger partial charge in [-0.15, -0.1) is 11.3 Å². The molecule has 0 amide bonds. The predicted molar refractivity (Wildman–Crippen MR) is 116 cm³/mol. The van der Waals surface area contributed by atoms with Gasteiger partial charge in [0.05, 0.1) is 30.2 Å². The summed E-state index contributed by atoms with van der Waals surface area (Å²) >= 11 is 4.86. The van der Waals surface area contributed by atoms with Gasteiger partial charge in [0, 0.05) is 15.5 Å². The lowest BCUT2D eigenvalue weighted by molar-refractivity contribution is 0.0468. The fourth-order valence-corrected chi connectivity index (χ4v) is 4.23. The molecule has 0 aliphatic heterocycles. The van der Waals surface area contributed by atoms with E-state index < -0.39 is 16.0 Å². The quantitative estimate of drug-likeness (QED) is 0.489. The molecule has 152 valence electrons. The first-order valence-corrected chi connectivity index (χ1v) is 11.8. The molecule has 0 aliphatic rings. The highest BCUT2D eigenvalue weighted by Crippen LogP contribution is 2.34. The van der Waals surface area contributed by atoms with Crippen molar-refractivity contribution in [3.63, 3.8) is 0 Å². The van der Waals surface area contributed by atoms with Gasteiger partial charge in [-0.25, -0.2) is 18.2 Å². The van der Waals surface area contributed by atoms with Crippen LogP contribution in [-0.4, -0.2) is 32.7 Å². The van der Waals surface area contributed by atoms with Crippen LogP contribution >= 0.6 is 27.3 Å². The Morgan fingerprint density at radius 2 is 2.03 bits per heavy atom. The maximum absolute atomic E-state index is 12.3. The number of carbonyl (C=O) groups is 1. The summed E-state index contributed by atoms with van der Waals surface area (Å²) in [6.07, 6.45) is 1.04. The van der Waals surface area contributed by atoms with Crippen molar-refractivity contribution in [1.29, 1.82) is 0 Å². The highest BCUT2D eigenvalue weighted by Gasteiger charge is 2.14. The molecule has 3 rings (SSSR count). The molecule has 0 bridgehead atoms. The Bertz CT molecular complexity index is 1150. The van der Waals surface area contributed by atoms with Gasteiger partial charge in [0.25, 0.3) is 0 Å². The Morgan fingerprint density at radius 1 is 1.24 bits per heavy atom. The summed E-state index contributed by atoms with van der Waals surface area (Å²) in [6.45, 7) is -0.00458. The van der Waals surface area contributed by atoms with Crippen LogP contribution in [0.3, 0.4) is 0 Å². The molecule has 0 fully saturated rings. The number of ether oxygens (including phenoxy) is 2. The summed E-state index contributed by atoms with van der Waals surface area (Å²) < 4.78 is 36.6. The van der Waals surface area contributed by atoms with E-state index in [0.29, 0.717) is 17.1 Å². The molecule has 1 N–H and O–H groups in total. The number of carbonyl (C=O) groups excluding carboxylic acids is 1. The Balaban J connectivity index is 1.69. The zero-order chi connectivity index (χ0) is 21.0. The molecule has 0 saturated heterocycles. The number of aromatic nitrogens is 1. The normalized spacial score (nSPS) is 11.1. The second kappa shape index (κ2) is 8.93. The predicted octanol–water partition coefficient (Wildman–Crippen LogP) is 4.31. The summed E-state index contributed by atoms with van der Waals surface area (Å²) in [5.41, 5.74) is 1.97. The van der Waals surface area contributed by atoms with E-state index in [4.69, 9.17) is 9.47 Å². The van der Waals surface area contributed by atoms with Crippen molar-refractivity contribution in [3.05, 3.63) is 63.6 Å². The van der Waals surface area contributed by atoms with Crippen LogP contribution in [0.15, 0.2) is 52.3 Å². The smallest absolute Gasteiger partial charge is 0.338 e. The number of hydrogen-bond acceptors (Lipinski definition) is 7. The van der Waals surface area contributed by atoms with Gasteiger partial charge in [0.2, 0.25) is 10.0 Å². The second-order valence-electron chi connectivity index (χ2n) is 6.02. The van der Waals surface area contributed by atoms with Gasteiger partial charge in [-0.05, 0) is 36.4 Å². The zero-order valence-electron chi connectivity index (χ0n) is 15.5. The van der Waals surface area contributed by atoms with Crippen molar-refractivity contribution in [3.8, 4) is 16.3 Å². The van der Waals surface area contributed by atoms with Crippen LogP contribution in [0.5, 0.6) is 5.75 Å². The molecular weight excluding hydrogens is 480 g/mol. The van der Waals surface area contributed by atoms with Gasteiger partial charge >= 0.3 is 5.97 Å². The van der Waals surface area contributed by atoms with Crippen molar-refractivity contribution in [2.24, 2.45) is 0 Å². The number of sulfonamides is 1. The van der Waals surface area contributed by atoms with Crippen LogP contribution in [0.1, 0.15) is 16.1 Å². The molecule has 10 heteroatoms. The SMILES string of the molecule is COc1ccc(Br)cc1-c1nc(COC(=O)c2cccc(NS(C)(=O)=O)c2)cs1. The minimum atomic E-state index is -3.43. The van der Waals surface area contributed by atoms with Gasteiger partial charge in [-0.3, -0.25) is 4.72 Å². The minimum absolute atomic E-state index is 0.00458. The zero-order valence-corrected chi connectivity index (χ0v) is 18.7. The number of benzene rings is 2. The lowest BCUT2D eigenvalue weighted by Crippen LogP contribution is -2.11. The van der Waals surface area contributed by atoms with Gasteiger partial charge in [-0.2, -0.15) is 0 Å². The number of rotatable bonds is 7. The van der Waals surface area contributed by atoms with E-state index in [1.165, 1.54) is 17.4 Å². The Labute approximate surface area is 180 Å². The molecule has 2 aromatic carbocycles. The highest BCUT2D eigenvalue weighted by molar-refractivity contribution is 9.10. The van der Waals surface area contributed by atoms with Crippen molar-refractivity contribution in [2.45, 2.75) is 6.61 Å². The molecule has 0 atom stereocenters. The third kappa shape index (κ3) is 5.78. The van der Waals surface area contributed by atoms with E-state index in [1.54, 1.807) is 25.3 Å². The first-order chi connectivity index (χ1) is 13.7. The van der Waals surface area contributed by atoms with Crippen LogP contribution in [0.2, 0.25) is 0 Å². The fraction of sp³-hybridized carbons (Fsp3) is 0.158. The number of esters is 1. The fourth-order valence-electron chi connectivity index (χ4n) is 2.49. The highest BCUT2D eigenvalue weighted by atomic mass is 79.9. The largest absolute Gasteiger partial charge is 0.496 e. The maximum Gasteiger partial charge on any atom is 0.338 e. The molecule has 0 radical (unpaired) electrons. The summed E-state index contributed by atoms with van der Waals surface area (Å²) in [4.78, 5) is 16.8. The molecular formula is C19H17BrN2O5S2. The average Bonchev–Trinajstić information content (AvgIpc) is 3.14. The van der Waals surface area contributed by atoms with Gasteiger partial charge in [0.15, 0.2) is 0 Å². The lowest BCUT2D eigenvalue weighted by Gasteiger charge is -2.07. The molecule has 0 aliphatic carbocycles. The van der Waals surface area contributed by atoms with Crippen LogP contribution < -0.4 is 9.46 Å². The summed E-state index contributed by atoms with van der Waals surface area (Å²) in [7, 11) is -1.84. The summed E-state index contributed by atoms with van der Waals surface area (Å²) in [6, 6.07) is 11.7. The minimum Gasteiger partial charge on any atom is -0.496 e. The molecule has 29 heavy (non-hydrogen) atoms. The molecule has 7 nitrogen and oxygen atoms in total.